The molecule has 1 unspecified atom stereocenters. The maximum atomic E-state index is 12.1. The Bertz CT molecular complexity index is 746. The highest BCUT2D eigenvalue weighted by molar-refractivity contribution is 5.77. The highest BCUT2D eigenvalue weighted by Gasteiger charge is 2.39. The number of ether oxygens (including phenoxy) is 1. The van der Waals surface area contributed by atoms with Crippen LogP contribution in [0.15, 0.2) is 34.5 Å². The summed E-state index contributed by atoms with van der Waals surface area (Å²) in [6, 6.07) is 7.61. The van der Waals surface area contributed by atoms with Gasteiger partial charge in [0.25, 0.3) is 0 Å². The summed E-state index contributed by atoms with van der Waals surface area (Å²) in [6.45, 7) is 4.98. The van der Waals surface area contributed by atoms with Gasteiger partial charge in [-0.05, 0) is 38.0 Å². The van der Waals surface area contributed by atoms with Crippen LogP contribution in [0, 0.1) is 12.3 Å². The zero-order valence-electron chi connectivity index (χ0n) is 17.2. The summed E-state index contributed by atoms with van der Waals surface area (Å²) in [5.74, 6) is 3.30. The molecular weight excluding hydrogens is 368 g/mol. The van der Waals surface area contributed by atoms with Crippen molar-refractivity contribution in [2.45, 2.75) is 64.1 Å². The van der Waals surface area contributed by atoms with Crippen molar-refractivity contribution in [1.82, 2.24) is 10.6 Å². The van der Waals surface area contributed by atoms with Gasteiger partial charge in [-0.3, -0.25) is 9.59 Å². The number of benzene rings is 1. The molecule has 1 aliphatic heterocycles. The van der Waals surface area contributed by atoms with Gasteiger partial charge in [0.05, 0.1) is 12.6 Å². The molecule has 2 N–H and O–H groups in total. The SMILES string of the molecule is C#CCCC1(CCC(=O)NCCCC(=O)NC(C)c2ccc(OCC)cc2)N=N1. The molecule has 0 aliphatic carbocycles. The van der Waals surface area contributed by atoms with E-state index in [1.807, 2.05) is 38.1 Å². The summed E-state index contributed by atoms with van der Waals surface area (Å²) in [5, 5.41) is 13.9. The second-order valence-corrected chi connectivity index (χ2v) is 7.13. The molecule has 0 saturated heterocycles. The number of carbonyl (C=O) groups excluding carboxylic acids is 2. The molecule has 29 heavy (non-hydrogen) atoms. The maximum Gasteiger partial charge on any atom is 0.220 e. The predicted octanol–water partition coefficient (Wildman–Crippen LogP) is 3.51. The molecule has 0 spiro atoms. The number of carbonyl (C=O) groups is 2. The number of amides is 2. The highest BCUT2D eigenvalue weighted by Crippen LogP contribution is 2.37. The first-order valence-corrected chi connectivity index (χ1v) is 10.1. The number of hydrogen-bond acceptors (Lipinski definition) is 5. The largest absolute Gasteiger partial charge is 0.494 e. The lowest BCUT2D eigenvalue weighted by atomic mass is 10.0. The van der Waals surface area contributed by atoms with Crippen LogP contribution in [0.3, 0.4) is 0 Å². The van der Waals surface area contributed by atoms with E-state index in [1.54, 1.807) is 0 Å². The molecule has 0 saturated carbocycles. The fourth-order valence-electron chi connectivity index (χ4n) is 2.96. The molecular formula is C22H30N4O3. The van der Waals surface area contributed by atoms with E-state index in [1.165, 1.54) is 0 Å². The van der Waals surface area contributed by atoms with Gasteiger partial charge in [0.2, 0.25) is 11.8 Å². The van der Waals surface area contributed by atoms with Gasteiger partial charge in [-0.1, -0.05) is 12.1 Å². The second-order valence-electron chi connectivity index (χ2n) is 7.13. The van der Waals surface area contributed by atoms with Gasteiger partial charge in [-0.2, -0.15) is 10.2 Å². The van der Waals surface area contributed by atoms with Crippen LogP contribution in [0.25, 0.3) is 0 Å². The summed E-state index contributed by atoms with van der Waals surface area (Å²) in [5.41, 5.74) is 0.588. The maximum absolute atomic E-state index is 12.1. The molecule has 0 radical (unpaired) electrons. The van der Waals surface area contributed by atoms with Crippen molar-refractivity contribution in [3.05, 3.63) is 29.8 Å². The summed E-state index contributed by atoms with van der Waals surface area (Å²) < 4.78 is 5.42. The van der Waals surface area contributed by atoms with E-state index < -0.39 is 5.66 Å². The smallest absolute Gasteiger partial charge is 0.220 e. The van der Waals surface area contributed by atoms with Crippen LogP contribution in [0.4, 0.5) is 0 Å². The van der Waals surface area contributed by atoms with Crippen LogP contribution < -0.4 is 15.4 Å². The van der Waals surface area contributed by atoms with Crippen LogP contribution in [-0.2, 0) is 9.59 Å². The standard InChI is InChI=1S/C22H30N4O3/c1-4-6-14-22(25-26-22)15-13-20(27)23-16-7-8-21(28)24-17(3)18-9-11-19(12-10-18)29-5-2/h1,9-12,17H,5-8,13-16H2,2-3H3,(H,23,27)(H,24,28). The summed E-state index contributed by atoms with van der Waals surface area (Å²) in [6.07, 6.45) is 8.45. The van der Waals surface area contributed by atoms with Gasteiger partial charge in [-0.15, -0.1) is 12.3 Å². The van der Waals surface area contributed by atoms with E-state index in [0.717, 1.165) is 11.3 Å². The Morgan fingerprint density at radius 3 is 2.52 bits per heavy atom. The fraction of sp³-hybridized carbons (Fsp3) is 0.545. The van der Waals surface area contributed by atoms with Crippen molar-refractivity contribution in [1.29, 1.82) is 0 Å². The molecule has 7 nitrogen and oxygen atoms in total. The van der Waals surface area contributed by atoms with E-state index >= 15 is 0 Å². The van der Waals surface area contributed by atoms with E-state index in [0.29, 0.717) is 51.7 Å². The van der Waals surface area contributed by atoms with Crippen molar-refractivity contribution in [3.63, 3.8) is 0 Å². The Labute approximate surface area is 172 Å². The first-order chi connectivity index (χ1) is 14.0. The average molecular weight is 399 g/mol. The van der Waals surface area contributed by atoms with Crippen LogP contribution in [0.5, 0.6) is 5.75 Å². The zero-order chi connectivity index (χ0) is 21.1. The van der Waals surface area contributed by atoms with Gasteiger partial charge in [0, 0.05) is 38.6 Å². The zero-order valence-corrected chi connectivity index (χ0v) is 17.2. The molecule has 2 rings (SSSR count). The Morgan fingerprint density at radius 1 is 1.17 bits per heavy atom. The van der Waals surface area contributed by atoms with Crippen molar-refractivity contribution in [2.24, 2.45) is 10.2 Å². The van der Waals surface area contributed by atoms with E-state index in [-0.39, 0.29) is 17.9 Å². The molecule has 0 aromatic heterocycles. The lowest BCUT2D eigenvalue weighted by Gasteiger charge is -2.15. The minimum Gasteiger partial charge on any atom is -0.494 e. The van der Waals surface area contributed by atoms with Gasteiger partial charge in [0.15, 0.2) is 5.66 Å². The number of nitrogens with one attached hydrogen (secondary N) is 2. The third kappa shape index (κ3) is 7.94. The first kappa shape index (κ1) is 22.4. The molecule has 0 bridgehead atoms. The predicted molar refractivity (Wildman–Crippen MR) is 111 cm³/mol. The normalized spacial score (nSPS) is 14.5. The first-order valence-electron chi connectivity index (χ1n) is 10.1. The molecule has 0 fully saturated rings. The number of hydrogen-bond donors (Lipinski definition) is 2. The summed E-state index contributed by atoms with van der Waals surface area (Å²) in [4.78, 5) is 24.0. The fourth-order valence-corrected chi connectivity index (χ4v) is 2.96. The van der Waals surface area contributed by atoms with Crippen molar-refractivity contribution < 1.29 is 14.3 Å². The second kappa shape index (κ2) is 11.2. The van der Waals surface area contributed by atoms with Crippen LogP contribution in [-0.4, -0.2) is 30.6 Å². The minimum absolute atomic E-state index is 0.0375. The third-order valence-corrected chi connectivity index (χ3v) is 4.78. The van der Waals surface area contributed by atoms with Crippen molar-refractivity contribution >= 4 is 11.8 Å². The van der Waals surface area contributed by atoms with Crippen LogP contribution >= 0.6 is 0 Å². The highest BCUT2D eigenvalue weighted by atomic mass is 16.5. The molecule has 1 aromatic rings. The lowest BCUT2D eigenvalue weighted by molar-refractivity contribution is -0.123. The quantitative estimate of drug-likeness (QED) is 0.393. The van der Waals surface area contributed by atoms with E-state index in [2.05, 4.69) is 26.8 Å². The molecule has 1 aliphatic rings. The van der Waals surface area contributed by atoms with Crippen molar-refractivity contribution in [2.75, 3.05) is 13.2 Å². The van der Waals surface area contributed by atoms with Crippen LogP contribution in [0.2, 0.25) is 0 Å². The van der Waals surface area contributed by atoms with Gasteiger partial charge < -0.3 is 15.4 Å². The van der Waals surface area contributed by atoms with Crippen molar-refractivity contribution in [3.8, 4) is 18.1 Å². The van der Waals surface area contributed by atoms with Crippen LogP contribution in [0.1, 0.15) is 64.0 Å². The monoisotopic (exact) mass is 398 g/mol. The number of terminal acetylenes is 1. The summed E-state index contributed by atoms with van der Waals surface area (Å²) in [7, 11) is 0. The Balaban J connectivity index is 1.58. The lowest BCUT2D eigenvalue weighted by Crippen LogP contribution is -2.29. The van der Waals surface area contributed by atoms with Gasteiger partial charge >= 0.3 is 0 Å². The number of nitrogens with zero attached hydrogens (tertiary/aromatic N) is 2. The molecule has 7 heteroatoms. The third-order valence-electron chi connectivity index (χ3n) is 4.78. The molecule has 1 atom stereocenters. The minimum atomic E-state index is -0.430. The molecule has 156 valence electrons. The molecule has 1 aromatic carbocycles. The topological polar surface area (TPSA) is 92.2 Å². The summed E-state index contributed by atoms with van der Waals surface area (Å²) >= 11 is 0. The average Bonchev–Trinajstić information content (AvgIpc) is 3.49. The molecule has 1 heterocycles. The Kier molecular flexibility index (Phi) is 8.66. The van der Waals surface area contributed by atoms with Gasteiger partial charge in [0.1, 0.15) is 5.75 Å². The van der Waals surface area contributed by atoms with E-state index in [4.69, 9.17) is 11.2 Å². The Hall–Kier alpha value is -2.88. The van der Waals surface area contributed by atoms with E-state index in [9.17, 15) is 9.59 Å². The van der Waals surface area contributed by atoms with Gasteiger partial charge in [-0.25, -0.2) is 0 Å². The number of rotatable bonds is 13. The Morgan fingerprint density at radius 2 is 1.90 bits per heavy atom. The molecule has 2 amide bonds.